The minimum atomic E-state index is -0.133. The van der Waals surface area contributed by atoms with E-state index < -0.39 is 0 Å². The van der Waals surface area contributed by atoms with E-state index in [2.05, 4.69) is 77.9 Å². The first-order valence-corrected chi connectivity index (χ1v) is 9.70. The van der Waals surface area contributed by atoms with Gasteiger partial charge in [-0.05, 0) is 35.6 Å². The van der Waals surface area contributed by atoms with Gasteiger partial charge in [-0.3, -0.25) is 4.79 Å². The molecule has 0 saturated carbocycles. The number of aryl methyl sites for hydroxylation is 1. The third-order valence-corrected chi connectivity index (χ3v) is 4.80. The van der Waals surface area contributed by atoms with E-state index in [4.69, 9.17) is 0 Å². The molecule has 6 nitrogen and oxygen atoms in total. The van der Waals surface area contributed by atoms with Crippen LogP contribution in [-0.2, 0) is 11.3 Å². The molecule has 28 heavy (non-hydrogen) atoms. The predicted molar refractivity (Wildman–Crippen MR) is 110 cm³/mol. The van der Waals surface area contributed by atoms with Crippen molar-refractivity contribution in [3.8, 4) is 11.4 Å². The molecule has 1 atom stereocenters. The molecular weight excluding hydrogens is 350 g/mol. The van der Waals surface area contributed by atoms with Crippen molar-refractivity contribution in [1.29, 1.82) is 0 Å². The van der Waals surface area contributed by atoms with Gasteiger partial charge in [0.05, 0.1) is 6.04 Å². The van der Waals surface area contributed by atoms with Crippen LogP contribution in [0, 0.1) is 6.92 Å². The predicted octanol–water partition coefficient (Wildman–Crippen LogP) is 4.04. The molecule has 0 aliphatic rings. The molecule has 1 N–H and O–H groups in total. The smallest absolute Gasteiger partial charge is 0.244 e. The van der Waals surface area contributed by atoms with Crippen LogP contribution in [-0.4, -0.2) is 26.1 Å². The Hall–Kier alpha value is -3.02. The van der Waals surface area contributed by atoms with Gasteiger partial charge >= 0.3 is 0 Å². The minimum Gasteiger partial charge on any atom is -0.348 e. The van der Waals surface area contributed by atoms with Crippen LogP contribution in [0.1, 0.15) is 55.8 Å². The molecule has 0 aliphatic carbocycles. The summed E-state index contributed by atoms with van der Waals surface area (Å²) in [6.07, 6.45) is 0.813. The van der Waals surface area contributed by atoms with Crippen LogP contribution in [0.25, 0.3) is 11.4 Å². The highest BCUT2D eigenvalue weighted by Gasteiger charge is 2.15. The molecule has 1 amide bonds. The van der Waals surface area contributed by atoms with E-state index in [0.29, 0.717) is 11.7 Å². The van der Waals surface area contributed by atoms with E-state index >= 15 is 0 Å². The molecule has 1 heterocycles. The molecule has 0 bridgehead atoms. The highest BCUT2D eigenvalue weighted by atomic mass is 16.2. The second-order valence-corrected chi connectivity index (χ2v) is 7.36. The Balaban J connectivity index is 1.63. The van der Waals surface area contributed by atoms with E-state index in [-0.39, 0.29) is 18.5 Å². The van der Waals surface area contributed by atoms with Gasteiger partial charge in [0.25, 0.3) is 0 Å². The summed E-state index contributed by atoms with van der Waals surface area (Å²) in [4.78, 5) is 13.8. The van der Waals surface area contributed by atoms with Gasteiger partial charge < -0.3 is 5.32 Å². The summed E-state index contributed by atoms with van der Waals surface area (Å²) in [6.45, 7) is 8.45. The summed E-state index contributed by atoms with van der Waals surface area (Å²) in [7, 11) is 0. The second kappa shape index (κ2) is 8.78. The third kappa shape index (κ3) is 4.82. The SMILES string of the molecule is CC[C@@H](NC(=O)Cn1nnc(-c2ccc(C(C)C)cc2)n1)c1ccc(C)cc1. The van der Waals surface area contributed by atoms with Crippen molar-refractivity contribution >= 4 is 5.91 Å². The standard InChI is InChI=1S/C22H27N5O/c1-5-20(18-8-6-16(4)7-9-18)23-21(28)14-27-25-22(24-26-27)19-12-10-17(11-13-19)15(2)3/h6-13,15,20H,5,14H2,1-4H3,(H,23,28)/t20-/m1/s1. The van der Waals surface area contributed by atoms with Gasteiger partial charge in [0.2, 0.25) is 11.7 Å². The quantitative estimate of drug-likeness (QED) is 0.674. The summed E-state index contributed by atoms with van der Waals surface area (Å²) in [5, 5.41) is 15.5. The maximum absolute atomic E-state index is 12.4. The fraction of sp³-hybridized carbons (Fsp3) is 0.364. The number of rotatable bonds is 7. The van der Waals surface area contributed by atoms with Gasteiger partial charge in [0.15, 0.2) is 0 Å². The molecule has 2 aromatic carbocycles. The molecule has 1 aromatic heterocycles. The highest BCUT2D eigenvalue weighted by molar-refractivity contribution is 5.76. The molecule has 0 saturated heterocycles. The van der Waals surface area contributed by atoms with Crippen molar-refractivity contribution in [2.75, 3.05) is 0 Å². The summed E-state index contributed by atoms with van der Waals surface area (Å²) in [5.41, 5.74) is 4.45. The number of nitrogens with zero attached hydrogens (tertiary/aromatic N) is 4. The molecule has 0 radical (unpaired) electrons. The molecule has 0 unspecified atom stereocenters. The van der Waals surface area contributed by atoms with Gasteiger partial charge in [-0.2, -0.15) is 4.80 Å². The van der Waals surface area contributed by atoms with Crippen LogP contribution in [0.5, 0.6) is 0 Å². The Bertz CT molecular complexity index is 913. The highest BCUT2D eigenvalue weighted by Crippen LogP contribution is 2.20. The Kier molecular flexibility index (Phi) is 6.19. The van der Waals surface area contributed by atoms with Gasteiger partial charge in [-0.15, -0.1) is 10.2 Å². The zero-order chi connectivity index (χ0) is 20.1. The lowest BCUT2D eigenvalue weighted by atomic mass is 10.0. The van der Waals surface area contributed by atoms with Crippen LogP contribution in [0.4, 0.5) is 0 Å². The van der Waals surface area contributed by atoms with Crippen molar-refractivity contribution < 1.29 is 4.79 Å². The van der Waals surface area contributed by atoms with Crippen molar-refractivity contribution in [3.05, 3.63) is 65.2 Å². The average molecular weight is 377 g/mol. The normalized spacial score (nSPS) is 12.2. The number of hydrogen-bond donors (Lipinski definition) is 1. The Morgan fingerprint density at radius 2 is 1.68 bits per heavy atom. The lowest BCUT2D eigenvalue weighted by Gasteiger charge is -2.17. The van der Waals surface area contributed by atoms with Gasteiger partial charge in [0.1, 0.15) is 6.54 Å². The summed E-state index contributed by atoms with van der Waals surface area (Å²) in [5.74, 6) is 0.863. The van der Waals surface area contributed by atoms with Crippen LogP contribution in [0.15, 0.2) is 48.5 Å². The van der Waals surface area contributed by atoms with Crippen LogP contribution >= 0.6 is 0 Å². The van der Waals surface area contributed by atoms with E-state index in [1.54, 1.807) is 0 Å². The van der Waals surface area contributed by atoms with Crippen molar-refractivity contribution in [3.63, 3.8) is 0 Å². The Labute approximate surface area is 166 Å². The number of nitrogens with one attached hydrogen (secondary N) is 1. The number of carbonyl (C=O) groups excluding carboxylic acids is 1. The van der Waals surface area contributed by atoms with E-state index in [1.807, 2.05) is 19.1 Å². The lowest BCUT2D eigenvalue weighted by molar-refractivity contribution is -0.122. The first-order chi connectivity index (χ1) is 13.5. The van der Waals surface area contributed by atoms with E-state index in [0.717, 1.165) is 17.5 Å². The van der Waals surface area contributed by atoms with Gasteiger partial charge in [-0.1, -0.05) is 74.9 Å². The molecule has 0 spiro atoms. The molecule has 0 aliphatic heterocycles. The second-order valence-electron chi connectivity index (χ2n) is 7.36. The number of benzene rings is 2. The number of amides is 1. The van der Waals surface area contributed by atoms with Gasteiger partial charge in [0, 0.05) is 5.56 Å². The minimum absolute atomic E-state index is 0.0281. The van der Waals surface area contributed by atoms with Gasteiger partial charge in [-0.25, -0.2) is 0 Å². The first-order valence-electron chi connectivity index (χ1n) is 9.70. The maximum atomic E-state index is 12.4. The lowest BCUT2D eigenvalue weighted by Crippen LogP contribution is -2.32. The van der Waals surface area contributed by atoms with Crippen molar-refractivity contribution in [2.24, 2.45) is 0 Å². The van der Waals surface area contributed by atoms with E-state index in [9.17, 15) is 4.79 Å². The fourth-order valence-corrected chi connectivity index (χ4v) is 3.03. The third-order valence-electron chi connectivity index (χ3n) is 4.80. The average Bonchev–Trinajstić information content (AvgIpc) is 3.15. The Morgan fingerprint density at radius 1 is 1.04 bits per heavy atom. The molecule has 6 heteroatoms. The molecule has 3 aromatic rings. The molecule has 146 valence electrons. The van der Waals surface area contributed by atoms with Crippen molar-refractivity contribution in [2.45, 2.75) is 52.6 Å². The Morgan fingerprint density at radius 3 is 2.29 bits per heavy atom. The van der Waals surface area contributed by atoms with Crippen LogP contribution in [0.3, 0.4) is 0 Å². The summed E-state index contributed by atoms with van der Waals surface area (Å²) in [6, 6.07) is 16.3. The zero-order valence-electron chi connectivity index (χ0n) is 16.9. The zero-order valence-corrected chi connectivity index (χ0v) is 16.9. The summed E-state index contributed by atoms with van der Waals surface area (Å²) < 4.78 is 0. The summed E-state index contributed by atoms with van der Waals surface area (Å²) >= 11 is 0. The molecule has 0 fully saturated rings. The first kappa shape index (κ1) is 19.7. The monoisotopic (exact) mass is 377 g/mol. The largest absolute Gasteiger partial charge is 0.348 e. The topological polar surface area (TPSA) is 72.7 Å². The molecular formula is C22H27N5O. The van der Waals surface area contributed by atoms with E-state index in [1.165, 1.54) is 15.9 Å². The number of aromatic nitrogens is 4. The number of carbonyl (C=O) groups is 1. The number of tetrazole rings is 1. The van der Waals surface area contributed by atoms with Crippen LogP contribution in [0.2, 0.25) is 0 Å². The fourth-order valence-electron chi connectivity index (χ4n) is 3.03. The molecule has 3 rings (SSSR count). The van der Waals surface area contributed by atoms with Crippen LogP contribution < -0.4 is 5.32 Å². The maximum Gasteiger partial charge on any atom is 0.244 e. The number of hydrogen-bond acceptors (Lipinski definition) is 4. The van der Waals surface area contributed by atoms with Crippen molar-refractivity contribution in [1.82, 2.24) is 25.5 Å².